The number of carbonyl (C=O) groups is 2. The van der Waals surface area contributed by atoms with Crippen LogP contribution in [-0.2, 0) is 14.3 Å². The lowest BCUT2D eigenvalue weighted by atomic mass is 10.0. The summed E-state index contributed by atoms with van der Waals surface area (Å²) in [5.41, 5.74) is 0. The molecule has 0 saturated heterocycles. The van der Waals surface area contributed by atoms with E-state index < -0.39 is 17.9 Å². The van der Waals surface area contributed by atoms with Gasteiger partial charge >= 0.3 is 11.9 Å². The van der Waals surface area contributed by atoms with Crippen molar-refractivity contribution in [3.8, 4) is 0 Å². The van der Waals surface area contributed by atoms with Crippen LogP contribution in [0, 0.1) is 5.92 Å². The maximum Gasteiger partial charge on any atom is 0.310 e. The molecular formula is C32H58O4. The Labute approximate surface area is 223 Å². The molecule has 36 heavy (non-hydrogen) atoms. The van der Waals surface area contributed by atoms with E-state index in [2.05, 4.69) is 19.6 Å². The van der Waals surface area contributed by atoms with Crippen LogP contribution in [0.3, 0.4) is 0 Å². The number of carbonyl (C=O) groups excluding carboxylic acids is 1. The molecule has 0 fully saturated rings. The fourth-order valence-corrected chi connectivity index (χ4v) is 4.63. The highest BCUT2D eigenvalue weighted by molar-refractivity contribution is 5.79. The molecule has 4 heteroatoms. The van der Waals surface area contributed by atoms with Crippen molar-refractivity contribution in [3.05, 3.63) is 24.8 Å². The fourth-order valence-electron chi connectivity index (χ4n) is 4.63. The van der Waals surface area contributed by atoms with Gasteiger partial charge in [-0.2, -0.15) is 0 Å². The van der Waals surface area contributed by atoms with Gasteiger partial charge in [-0.1, -0.05) is 154 Å². The zero-order valence-corrected chi connectivity index (χ0v) is 23.7. The largest absolute Gasteiger partial charge is 0.481 e. The van der Waals surface area contributed by atoms with Gasteiger partial charge in [0.25, 0.3) is 0 Å². The normalized spacial score (nSPS) is 12.1. The van der Waals surface area contributed by atoms with Crippen molar-refractivity contribution in [1.29, 1.82) is 0 Å². The molecule has 0 aromatic heterocycles. The topological polar surface area (TPSA) is 63.6 Å². The van der Waals surface area contributed by atoms with E-state index in [4.69, 9.17) is 9.84 Å². The van der Waals surface area contributed by atoms with Gasteiger partial charge in [0.2, 0.25) is 0 Å². The fraction of sp³-hybridized carbons (Fsp3) is 0.812. The number of allylic oxidation sites excluding steroid dienone is 2. The van der Waals surface area contributed by atoms with Gasteiger partial charge in [0.15, 0.2) is 0 Å². The smallest absolute Gasteiger partial charge is 0.310 e. The number of aliphatic carboxylic acids is 1. The van der Waals surface area contributed by atoms with Gasteiger partial charge in [0.1, 0.15) is 6.61 Å². The molecule has 0 aromatic carbocycles. The Hall–Kier alpha value is -1.58. The van der Waals surface area contributed by atoms with Crippen LogP contribution < -0.4 is 0 Å². The summed E-state index contributed by atoms with van der Waals surface area (Å²) < 4.78 is 5.00. The Morgan fingerprint density at radius 1 is 0.694 bits per heavy atom. The van der Waals surface area contributed by atoms with Crippen molar-refractivity contribution in [2.45, 2.75) is 155 Å². The van der Waals surface area contributed by atoms with E-state index in [0.29, 0.717) is 6.42 Å². The Bertz CT molecular complexity index is 540. The summed E-state index contributed by atoms with van der Waals surface area (Å²) in [5, 5.41) is 8.99. The maximum atomic E-state index is 11.9. The van der Waals surface area contributed by atoms with Gasteiger partial charge < -0.3 is 9.84 Å². The minimum Gasteiger partial charge on any atom is -0.481 e. The van der Waals surface area contributed by atoms with Gasteiger partial charge in [-0.15, -0.1) is 0 Å². The van der Waals surface area contributed by atoms with Gasteiger partial charge in [-0.3, -0.25) is 9.59 Å². The first-order chi connectivity index (χ1) is 17.6. The Kier molecular flexibility index (Phi) is 26.8. The predicted octanol–water partition coefficient (Wildman–Crippen LogP) is 9.96. The molecule has 0 aliphatic carbocycles. The molecule has 1 N–H and O–H groups in total. The Morgan fingerprint density at radius 3 is 1.50 bits per heavy atom. The molecule has 0 heterocycles. The number of esters is 1. The zero-order valence-electron chi connectivity index (χ0n) is 23.7. The average Bonchev–Trinajstić information content (AvgIpc) is 2.86. The Morgan fingerprint density at radius 2 is 1.11 bits per heavy atom. The van der Waals surface area contributed by atoms with Crippen LogP contribution in [0.15, 0.2) is 24.8 Å². The van der Waals surface area contributed by atoms with Crippen LogP contribution in [0.5, 0.6) is 0 Å². The second kappa shape index (κ2) is 28.0. The first kappa shape index (κ1) is 34.4. The van der Waals surface area contributed by atoms with E-state index >= 15 is 0 Å². The van der Waals surface area contributed by atoms with E-state index in [1.165, 1.54) is 128 Å². The van der Waals surface area contributed by atoms with Crippen LogP contribution in [0.1, 0.15) is 155 Å². The molecule has 0 saturated carbocycles. The molecule has 1 unspecified atom stereocenters. The highest BCUT2D eigenvalue weighted by Crippen LogP contribution is 2.16. The lowest BCUT2D eigenvalue weighted by Crippen LogP contribution is -2.20. The molecule has 4 nitrogen and oxygen atoms in total. The molecule has 1 atom stereocenters. The summed E-state index contributed by atoms with van der Waals surface area (Å²) in [6, 6.07) is 0. The van der Waals surface area contributed by atoms with E-state index in [9.17, 15) is 9.59 Å². The first-order valence-electron chi connectivity index (χ1n) is 15.3. The van der Waals surface area contributed by atoms with Crippen molar-refractivity contribution in [3.63, 3.8) is 0 Å². The molecule has 0 bridgehead atoms. The van der Waals surface area contributed by atoms with Crippen molar-refractivity contribution in [2.75, 3.05) is 6.61 Å². The third-order valence-corrected chi connectivity index (χ3v) is 6.91. The lowest BCUT2D eigenvalue weighted by Gasteiger charge is -2.11. The Balaban J connectivity index is 3.42. The summed E-state index contributed by atoms with van der Waals surface area (Å²) in [7, 11) is 0. The summed E-state index contributed by atoms with van der Waals surface area (Å²) in [5.74, 6) is -2.05. The highest BCUT2D eigenvalue weighted by atomic mass is 16.5. The number of ether oxygens (including phenoxy) is 1. The molecule has 0 radical (unpaired) electrons. The van der Waals surface area contributed by atoms with Gasteiger partial charge in [-0.25, -0.2) is 0 Å². The van der Waals surface area contributed by atoms with Crippen molar-refractivity contribution >= 4 is 11.9 Å². The number of hydrogen-bond acceptors (Lipinski definition) is 3. The molecule has 0 rings (SSSR count). The predicted molar refractivity (Wildman–Crippen MR) is 153 cm³/mol. The van der Waals surface area contributed by atoms with Gasteiger partial charge in [0.05, 0.1) is 12.3 Å². The van der Waals surface area contributed by atoms with Crippen LogP contribution in [0.2, 0.25) is 0 Å². The van der Waals surface area contributed by atoms with E-state index in [1.807, 2.05) is 6.08 Å². The number of unbranched alkanes of at least 4 members (excludes halogenated alkanes) is 20. The van der Waals surface area contributed by atoms with Crippen LogP contribution >= 0.6 is 0 Å². The summed E-state index contributed by atoms with van der Waals surface area (Å²) in [6.07, 6.45) is 34.4. The zero-order chi connectivity index (χ0) is 26.5. The number of carboxylic acid groups (broad SMARTS) is 1. The van der Waals surface area contributed by atoms with E-state index in [0.717, 1.165) is 12.8 Å². The molecule has 210 valence electrons. The minimum atomic E-state index is -0.974. The third kappa shape index (κ3) is 25.5. The third-order valence-electron chi connectivity index (χ3n) is 6.91. The maximum absolute atomic E-state index is 11.9. The number of carboxylic acids is 1. The van der Waals surface area contributed by atoms with Crippen molar-refractivity contribution < 1.29 is 19.4 Å². The number of hydrogen-bond donors (Lipinski definition) is 1. The molecule has 0 aromatic rings. The minimum absolute atomic E-state index is 0.123. The molecule has 0 aliphatic rings. The van der Waals surface area contributed by atoms with Crippen molar-refractivity contribution in [1.82, 2.24) is 0 Å². The van der Waals surface area contributed by atoms with Crippen molar-refractivity contribution in [2.24, 2.45) is 5.92 Å². The van der Waals surface area contributed by atoms with Crippen LogP contribution in [0.4, 0.5) is 0 Å². The lowest BCUT2D eigenvalue weighted by molar-refractivity contribution is -0.152. The van der Waals surface area contributed by atoms with Crippen LogP contribution in [-0.4, -0.2) is 23.7 Å². The van der Waals surface area contributed by atoms with Gasteiger partial charge in [-0.05, 0) is 19.3 Å². The summed E-state index contributed by atoms with van der Waals surface area (Å²) in [4.78, 5) is 22.9. The summed E-state index contributed by atoms with van der Waals surface area (Å²) in [6.45, 7) is 5.91. The monoisotopic (exact) mass is 506 g/mol. The molecule has 0 aliphatic heterocycles. The standard InChI is InChI=1S/C32H58O4/c1-3-5-6-7-8-9-10-11-12-13-14-15-16-17-18-19-20-21-22-23-24-25-26-27-30(29-31(33)34)32(35)36-28-4-2/h4,25-26,30H,2-3,5-24,27-29H2,1H3,(H,33,34)/b26-25+. The molecule has 0 amide bonds. The molecule has 0 spiro atoms. The highest BCUT2D eigenvalue weighted by Gasteiger charge is 2.21. The second-order valence-corrected chi connectivity index (χ2v) is 10.4. The van der Waals surface area contributed by atoms with E-state index in [-0.39, 0.29) is 13.0 Å². The summed E-state index contributed by atoms with van der Waals surface area (Å²) >= 11 is 0. The average molecular weight is 507 g/mol. The van der Waals surface area contributed by atoms with Gasteiger partial charge in [0, 0.05) is 0 Å². The first-order valence-corrected chi connectivity index (χ1v) is 15.3. The van der Waals surface area contributed by atoms with Crippen LogP contribution in [0.25, 0.3) is 0 Å². The SMILES string of the molecule is C=CCOC(=O)C(C/C=C/CCCCCCCCCCCCCCCCCCCCCC)CC(=O)O. The molecular weight excluding hydrogens is 448 g/mol. The van der Waals surface area contributed by atoms with E-state index in [1.54, 1.807) is 0 Å². The number of rotatable bonds is 28. The quantitative estimate of drug-likeness (QED) is 0.0651. The second-order valence-electron chi connectivity index (χ2n) is 10.4.